The lowest BCUT2D eigenvalue weighted by molar-refractivity contribution is 0.0596. The predicted molar refractivity (Wildman–Crippen MR) is 124 cm³/mol. The number of para-hydroxylation sites is 1. The predicted octanol–water partition coefficient (Wildman–Crippen LogP) is 4.08. The maximum atomic E-state index is 13.6. The molecular weight excluding hydrogens is 402 g/mol. The Morgan fingerprint density at radius 2 is 1.59 bits per heavy atom. The highest BCUT2D eigenvalue weighted by molar-refractivity contribution is 6.14. The van der Waals surface area contributed by atoms with Crippen molar-refractivity contribution in [2.75, 3.05) is 32.7 Å². The molecule has 4 aromatic rings. The summed E-state index contributed by atoms with van der Waals surface area (Å²) in [5, 5.41) is 0.977. The van der Waals surface area contributed by atoms with E-state index in [2.05, 4.69) is 15.5 Å². The summed E-state index contributed by atoms with van der Waals surface area (Å²) in [7, 11) is 2.01. The number of fused-ring (bicyclic) bond motifs is 1. The molecule has 0 atom stereocenters. The van der Waals surface area contributed by atoms with E-state index < -0.39 is 0 Å². The van der Waals surface area contributed by atoms with E-state index in [1.54, 1.807) is 17.0 Å². The number of Topliss-reactive ketones (excluding diaryl/α,β-unsaturated/α-hetero) is 1. The van der Waals surface area contributed by atoms with Gasteiger partial charge in [-0.05, 0) is 23.8 Å². The van der Waals surface area contributed by atoms with Gasteiger partial charge in [0, 0.05) is 44.1 Å². The van der Waals surface area contributed by atoms with Crippen LogP contribution in [0.15, 0.2) is 77.4 Å². The monoisotopic (exact) mass is 427 g/mol. The molecule has 2 aromatic carbocycles. The zero-order chi connectivity index (χ0) is 22.1. The second-order valence-electron chi connectivity index (χ2n) is 8.13. The summed E-state index contributed by atoms with van der Waals surface area (Å²) in [5.41, 5.74) is 3.79. The van der Waals surface area contributed by atoms with Gasteiger partial charge in [0.1, 0.15) is 0 Å². The average molecular weight is 428 g/mol. The topological polar surface area (TPSA) is 58.7 Å². The third-order valence-electron chi connectivity index (χ3n) is 6.19. The number of benzene rings is 2. The number of aryl methyl sites for hydroxylation is 1. The minimum Gasteiger partial charge on any atom is -0.459 e. The van der Waals surface area contributed by atoms with Crippen molar-refractivity contribution < 1.29 is 14.0 Å². The fourth-order valence-electron chi connectivity index (χ4n) is 4.56. The molecule has 1 amide bonds. The molecule has 0 unspecified atom stereocenters. The molecule has 2 aromatic heterocycles. The number of carbonyl (C=O) groups is 2. The highest BCUT2D eigenvalue weighted by atomic mass is 16.3. The molecule has 5 rings (SSSR count). The lowest BCUT2D eigenvalue weighted by Crippen LogP contribution is -2.49. The van der Waals surface area contributed by atoms with Crippen LogP contribution in [0.25, 0.3) is 22.2 Å². The Balaban J connectivity index is 1.37. The van der Waals surface area contributed by atoms with E-state index in [-0.39, 0.29) is 11.7 Å². The van der Waals surface area contributed by atoms with Crippen LogP contribution in [-0.2, 0) is 7.05 Å². The standard InChI is InChI=1S/C26H25N3O3/c1-27-21-11-6-5-10-20(21)24(25(27)19-8-3-2-4-9-19)22(30)18-28-13-15-29(16-14-28)26(31)23-12-7-17-32-23/h2-12,17H,13-16,18H2,1H3. The summed E-state index contributed by atoms with van der Waals surface area (Å²) in [6.45, 7) is 2.80. The van der Waals surface area contributed by atoms with Gasteiger partial charge in [0.15, 0.2) is 11.5 Å². The van der Waals surface area contributed by atoms with Crippen LogP contribution in [-0.4, -0.2) is 58.8 Å². The van der Waals surface area contributed by atoms with Crippen molar-refractivity contribution >= 4 is 22.6 Å². The van der Waals surface area contributed by atoms with E-state index in [0.29, 0.717) is 38.5 Å². The van der Waals surface area contributed by atoms with Crippen molar-refractivity contribution in [2.45, 2.75) is 0 Å². The summed E-state index contributed by atoms with van der Waals surface area (Å²) in [5.74, 6) is 0.366. The minimum atomic E-state index is -0.0959. The zero-order valence-corrected chi connectivity index (χ0v) is 18.0. The molecule has 0 N–H and O–H groups in total. The molecule has 0 bridgehead atoms. The number of hydrogen-bond acceptors (Lipinski definition) is 4. The van der Waals surface area contributed by atoms with E-state index in [9.17, 15) is 9.59 Å². The molecule has 6 nitrogen and oxygen atoms in total. The highest BCUT2D eigenvalue weighted by Crippen LogP contribution is 2.33. The second kappa shape index (κ2) is 8.48. The zero-order valence-electron chi connectivity index (χ0n) is 18.0. The smallest absolute Gasteiger partial charge is 0.289 e. The fourth-order valence-corrected chi connectivity index (χ4v) is 4.56. The number of ketones is 1. The second-order valence-corrected chi connectivity index (χ2v) is 8.13. The van der Waals surface area contributed by atoms with Crippen LogP contribution in [0.4, 0.5) is 0 Å². The number of nitrogens with zero attached hydrogens (tertiary/aromatic N) is 3. The number of amides is 1. The quantitative estimate of drug-likeness (QED) is 0.451. The van der Waals surface area contributed by atoms with E-state index in [0.717, 1.165) is 27.7 Å². The molecule has 1 aliphatic heterocycles. The first kappa shape index (κ1) is 20.3. The van der Waals surface area contributed by atoms with Gasteiger partial charge < -0.3 is 13.9 Å². The molecule has 1 saturated heterocycles. The van der Waals surface area contributed by atoms with Crippen molar-refractivity contribution in [3.05, 3.63) is 84.3 Å². The minimum absolute atomic E-state index is 0.0959. The molecule has 162 valence electrons. The highest BCUT2D eigenvalue weighted by Gasteiger charge is 2.27. The van der Waals surface area contributed by atoms with Gasteiger partial charge in [0.2, 0.25) is 0 Å². The van der Waals surface area contributed by atoms with Gasteiger partial charge in [0.25, 0.3) is 5.91 Å². The van der Waals surface area contributed by atoms with Crippen molar-refractivity contribution in [2.24, 2.45) is 7.05 Å². The molecule has 1 fully saturated rings. The van der Waals surface area contributed by atoms with Crippen LogP contribution >= 0.6 is 0 Å². The van der Waals surface area contributed by atoms with Crippen molar-refractivity contribution in [3.8, 4) is 11.3 Å². The molecule has 0 spiro atoms. The van der Waals surface area contributed by atoms with Crippen LogP contribution in [0.2, 0.25) is 0 Å². The summed E-state index contributed by atoms with van der Waals surface area (Å²) in [4.78, 5) is 30.0. The van der Waals surface area contributed by atoms with Gasteiger partial charge >= 0.3 is 0 Å². The third kappa shape index (κ3) is 3.63. The first-order chi connectivity index (χ1) is 15.6. The Labute approximate surface area is 186 Å². The van der Waals surface area contributed by atoms with Gasteiger partial charge in [-0.2, -0.15) is 0 Å². The lowest BCUT2D eigenvalue weighted by atomic mass is 10.0. The van der Waals surface area contributed by atoms with Gasteiger partial charge in [-0.25, -0.2) is 0 Å². The molecule has 0 aliphatic carbocycles. The van der Waals surface area contributed by atoms with Crippen molar-refractivity contribution in [3.63, 3.8) is 0 Å². The van der Waals surface area contributed by atoms with Gasteiger partial charge in [-0.1, -0.05) is 48.5 Å². The van der Waals surface area contributed by atoms with Crippen LogP contribution in [0, 0.1) is 0 Å². The van der Waals surface area contributed by atoms with Gasteiger partial charge in [0.05, 0.1) is 24.1 Å². The van der Waals surface area contributed by atoms with Crippen molar-refractivity contribution in [1.82, 2.24) is 14.4 Å². The average Bonchev–Trinajstić information content (AvgIpc) is 3.47. The first-order valence-electron chi connectivity index (χ1n) is 10.8. The Morgan fingerprint density at radius 1 is 0.875 bits per heavy atom. The Morgan fingerprint density at radius 3 is 2.31 bits per heavy atom. The Bertz CT molecular complexity index is 1250. The first-order valence-corrected chi connectivity index (χ1v) is 10.8. The molecule has 32 heavy (non-hydrogen) atoms. The number of piperazine rings is 1. The Hall–Kier alpha value is -3.64. The molecule has 3 heterocycles. The van der Waals surface area contributed by atoms with Crippen LogP contribution in [0.3, 0.4) is 0 Å². The molecule has 6 heteroatoms. The largest absolute Gasteiger partial charge is 0.459 e. The van der Waals surface area contributed by atoms with E-state index >= 15 is 0 Å². The summed E-state index contributed by atoms with van der Waals surface area (Å²) >= 11 is 0. The van der Waals surface area contributed by atoms with E-state index in [4.69, 9.17) is 4.42 Å². The van der Waals surface area contributed by atoms with Gasteiger partial charge in [-0.15, -0.1) is 0 Å². The number of furan rings is 1. The lowest BCUT2D eigenvalue weighted by Gasteiger charge is -2.33. The molecular formula is C26H25N3O3. The molecule has 0 saturated carbocycles. The summed E-state index contributed by atoms with van der Waals surface area (Å²) < 4.78 is 7.34. The number of hydrogen-bond donors (Lipinski definition) is 0. The third-order valence-corrected chi connectivity index (χ3v) is 6.19. The van der Waals surface area contributed by atoms with Crippen LogP contribution in [0.1, 0.15) is 20.9 Å². The number of rotatable bonds is 5. The molecule has 0 radical (unpaired) electrons. The maximum Gasteiger partial charge on any atom is 0.289 e. The van der Waals surface area contributed by atoms with Crippen molar-refractivity contribution in [1.29, 1.82) is 0 Å². The molecule has 1 aliphatic rings. The maximum absolute atomic E-state index is 13.6. The SMILES string of the molecule is Cn1c(-c2ccccc2)c(C(=O)CN2CCN(C(=O)c3ccco3)CC2)c2ccccc21. The van der Waals surface area contributed by atoms with E-state index in [1.165, 1.54) is 6.26 Å². The number of aromatic nitrogens is 1. The fraction of sp³-hybridized carbons (Fsp3) is 0.231. The summed E-state index contributed by atoms with van der Waals surface area (Å²) in [6, 6.07) is 21.5. The Kier molecular flexibility index (Phi) is 5.37. The van der Waals surface area contributed by atoms with E-state index in [1.807, 2.05) is 55.6 Å². The summed E-state index contributed by atoms with van der Waals surface area (Å²) in [6.07, 6.45) is 1.51. The van der Waals surface area contributed by atoms with Gasteiger partial charge in [-0.3, -0.25) is 14.5 Å². The normalized spacial score (nSPS) is 14.7. The van der Waals surface area contributed by atoms with Crippen LogP contribution in [0.5, 0.6) is 0 Å². The number of carbonyl (C=O) groups excluding carboxylic acids is 2. The van der Waals surface area contributed by atoms with Crippen LogP contribution < -0.4 is 0 Å².